The highest BCUT2D eigenvalue weighted by Gasteiger charge is 2.09. The second-order valence-electron chi connectivity index (χ2n) is 4.18. The minimum Gasteiger partial charge on any atom is -0.478 e. The third-order valence-corrected chi connectivity index (χ3v) is 3.46. The van der Waals surface area contributed by atoms with Gasteiger partial charge < -0.3 is 9.84 Å². The molecular weight excluding hydrogens is 316 g/mol. The van der Waals surface area contributed by atoms with E-state index < -0.39 is 16.7 Å². The molecule has 2 rings (SSSR count). The fourth-order valence-corrected chi connectivity index (χ4v) is 2.45. The Kier molecular flexibility index (Phi) is 4.82. The van der Waals surface area contributed by atoms with Gasteiger partial charge in [-0.05, 0) is 36.4 Å². The molecule has 0 heterocycles. The smallest absolute Gasteiger partial charge is 0.335 e. The number of thiol groups is 1. The van der Waals surface area contributed by atoms with E-state index in [4.69, 9.17) is 21.4 Å². The van der Waals surface area contributed by atoms with Crippen LogP contribution in [-0.2, 0) is 16.5 Å². The highest BCUT2D eigenvalue weighted by molar-refractivity contribution is 7.71. The van der Waals surface area contributed by atoms with Crippen LogP contribution in [0.1, 0.15) is 15.9 Å². The van der Waals surface area contributed by atoms with Crippen LogP contribution in [0.2, 0.25) is 5.02 Å². The average Bonchev–Trinajstić information content (AvgIpc) is 2.41. The van der Waals surface area contributed by atoms with E-state index in [1.807, 2.05) is 0 Å². The summed E-state index contributed by atoms with van der Waals surface area (Å²) in [5, 5.41) is 9.33. The molecule has 0 atom stereocenters. The van der Waals surface area contributed by atoms with E-state index in [1.165, 1.54) is 18.2 Å². The molecule has 7 heteroatoms. The summed E-state index contributed by atoms with van der Waals surface area (Å²) in [7, 11) is -2.63. The number of aromatic carboxylic acids is 1. The zero-order valence-electron chi connectivity index (χ0n) is 10.7. The molecule has 2 aromatic carbocycles. The quantitative estimate of drug-likeness (QED) is 0.826. The van der Waals surface area contributed by atoms with Gasteiger partial charge in [0.15, 0.2) is 0 Å². The Morgan fingerprint density at radius 3 is 2.62 bits per heavy atom. The molecule has 0 saturated carbocycles. The van der Waals surface area contributed by atoms with E-state index in [2.05, 4.69) is 0 Å². The maximum atomic E-state index is 10.9. The van der Waals surface area contributed by atoms with Crippen molar-refractivity contribution < 1.29 is 23.1 Å². The lowest BCUT2D eigenvalue weighted by Gasteiger charge is -2.10. The first-order valence-corrected chi connectivity index (χ1v) is 7.61. The first kappa shape index (κ1) is 15.3. The van der Waals surface area contributed by atoms with Gasteiger partial charge in [0.05, 0.1) is 11.3 Å². The predicted octanol–water partition coefficient (Wildman–Crippen LogP) is 2.94. The Bertz CT molecular complexity index is 747. The molecule has 0 fully saturated rings. The van der Waals surface area contributed by atoms with Crippen molar-refractivity contribution in [2.75, 3.05) is 0 Å². The summed E-state index contributed by atoms with van der Waals surface area (Å²) in [6.07, 6.45) is 0. The van der Waals surface area contributed by atoms with Gasteiger partial charge in [0.1, 0.15) is 22.2 Å². The van der Waals surface area contributed by atoms with Crippen LogP contribution in [0.25, 0.3) is 0 Å². The molecule has 0 bridgehead atoms. The van der Waals surface area contributed by atoms with Crippen molar-refractivity contribution in [2.24, 2.45) is 0 Å². The zero-order valence-corrected chi connectivity index (χ0v) is 12.3. The van der Waals surface area contributed by atoms with Gasteiger partial charge in [0, 0.05) is 10.6 Å². The van der Waals surface area contributed by atoms with Crippen molar-refractivity contribution >= 4 is 28.3 Å². The molecule has 0 aliphatic heterocycles. The van der Waals surface area contributed by atoms with Gasteiger partial charge in [0.25, 0.3) is 0 Å². The van der Waals surface area contributed by atoms with E-state index in [1.54, 1.807) is 24.3 Å². The molecule has 0 radical (unpaired) electrons. The number of carboxylic acids is 1. The molecule has 0 aliphatic rings. The van der Waals surface area contributed by atoms with Crippen LogP contribution in [0.5, 0.6) is 11.5 Å². The number of ether oxygens (including phenoxy) is 1. The summed E-state index contributed by atoms with van der Waals surface area (Å²) in [4.78, 5) is 10.9. The first-order valence-electron chi connectivity index (χ1n) is 5.87. The molecule has 5 nitrogen and oxygen atoms in total. The third kappa shape index (κ3) is 4.21. The molecular formula is C14H11ClO5S. The van der Waals surface area contributed by atoms with Crippen molar-refractivity contribution in [1.29, 1.82) is 0 Å². The normalized spacial score (nSPS) is 10.6. The van der Waals surface area contributed by atoms with Crippen LogP contribution < -0.4 is 4.74 Å². The van der Waals surface area contributed by atoms with E-state index in [0.29, 0.717) is 22.1 Å². The lowest BCUT2D eigenvalue weighted by Crippen LogP contribution is -1.97. The highest BCUT2D eigenvalue weighted by Crippen LogP contribution is 2.29. The van der Waals surface area contributed by atoms with Crippen molar-refractivity contribution in [2.45, 2.75) is 5.75 Å². The highest BCUT2D eigenvalue weighted by atomic mass is 35.5. The van der Waals surface area contributed by atoms with Gasteiger partial charge in [-0.1, -0.05) is 17.7 Å². The average molecular weight is 327 g/mol. The first-order chi connectivity index (χ1) is 9.95. The lowest BCUT2D eigenvalue weighted by molar-refractivity contribution is 0.0696. The van der Waals surface area contributed by atoms with Crippen LogP contribution in [-0.4, -0.2) is 19.5 Å². The Hall–Kier alpha value is -2.05. The number of hydrogen-bond donors (Lipinski definition) is 2. The minimum atomic E-state index is -2.63. The maximum Gasteiger partial charge on any atom is 0.335 e. The van der Waals surface area contributed by atoms with Crippen LogP contribution in [0.4, 0.5) is 0 Å². The fourth-order valence-electron chi connectivity index (χ4n) is 1.73. The summed E-state index contributed by atoms with van der Waals surface area (Å²) in [6.45, 7) is 0. The Morgan fingerprint density at radius 2 is 1.95 bits per heavy atom. The van der Waals surface area contributed by atoms with Crippen molar-refractivity contribution in [3.8, 4) is 11.5 Å². The maximum absolute atomic E-state index is 10.9. The molecule has 0 spiro atoms. The number of rotatable bonds is 5. The monoisotopic (exact) mass is 326 g/mol. The zero-order chi connectivity index (χ0) is 15.4. The molecule has 2 aromatic rings. The molecule has 0 amide bonds. The molecule has 0 aromatic heterocycles. The molecule has 110 valence electrons. The van der Waals surface area contributed by atoms with Crippen LogP contribution in [0.3, 0.4) is 0 Å². The van der Waals surface area contributed by atoms with Crippen molar-refractivity contribution in [3.63, 3.8) is 0 Å². The Morgan fingerprint density at radius 1 is 1.19 bits per heavy atom. The second-order valence-corrected chi connectivity index (χ2v) is 5.60. The number of benzene rings is 2. The van der Waals surface area contributed by atoms with Gasteiger partial charge in [-0.2, -0.15) is 0 Å². The lowest BCUT2D eigenvalue weighted by atomic mass is 10.2. The SMILES string of the molecule is O=C(O)c1cccc(Oc2ccc(Cl)cc2C[SH](=O)=O)c1. The number of halogens is 1. The molecule has 21 heavy (non-hydrogen) atoms. The van der Waals surface area contributed by atoms with Crippen LogP contribution >= 0.6 is 11.6 Å². The third-order valence-electron chi connectivity index (χ3n) is 2.63. The van der Waals surface area contributed by atoms with Gasteiger partial charge in [-0.15, -0.1) is 0 Å². The Balaban J connectivity index is 2.34. The van der Waals surface area contributed by atoms with E-state index >= 15 is 0 Å². The molecule has 0 saturated heterocycles. The van der Waals surface area contributed by atoms with Crippen LogP contribution in [0, 0.1) is 0 Å². The van der Waals surface area contributed by atoms with Gasteiger partial charge in [-0.3, -0.25) is 0 Å². The summed E-state index contributed by atoms with van der Waals surface area (Å²) in [5.41, 5.74) is 0.497. The second kappa shape index (κ2) is 6.60. The van der Waals surface area contributed by atoms with Crippen molar-refractivity contribution in [1.82, 2.24) is 0 Å². The summed E-state index contributed by atoms with van der Waals surface area (Å²) < 4.78 is 27.3. The van der Waals surface area contributed by atoms with Crippen LogP contribution in [0.15, 0.2) is 42.5 Å². The Labute approximate surface area is 127 Å². The number of carboxylic acid groups (broad SMARTS) is 1. The van der Waals surface area contributed by atoms with Crippen molar-refractivity contribution in [3.05, 3.63) is 58.6 Å². The van der Waals surface area contributed by atoms with Gasteiger partial charge in [0.2, 0.25) is 0 Å². The topological polar surface area (TPSA) is 80.7 Å². The fraction of sp³-hybridized carbons (Fsp3) is 0.0714. The molecule has 0 aliphatic carbocycles. The number of hydrogen-bond acceptors (Lipinski definition) is 4. The van der Waals surface area contributed by atoms with Gasteiger partial charge >= 0.3 is 5.97 Å². The molecule has 0 unspecified atom stereocenters. The van der Waals surface area contributed by atoms with E-state index in [-0.39, 0.29) is 11.3 Å². The largest absolute Gasteiger partial charge is 0.478 e. The standard InChI is InChI=1S/C14H11ClO5S/c15-11-4-5-13(10(6-11)8-21(18)19)20-12-3-1-2-9(7-12)14(16)17/h1-7,21H,8H2,(H,16,17). The summed E-state index contributed by atoms with van der Waals surface area (Å²) >= 11 is 5.84. The minimum absolute atomic E-state index is 0.0814. The predicted molar refractivity (Wildman–Crippen MR) is 78.9 cm³/mol. The summed E-state index contributed by atoms with van der Waals surface area (Å²) in [5.74, 6) is -0.649. The van der Waals surface area contributed by atoms with E-state index in [0.717, 1.165) is 0 Å². The molecule has 1 N–H and O–H groups in total. The number of carbonyl (C=O) groups is 1. The van der Waals surface area contributed by atoms with Gasteiger partial charge in [-0.25, -0.2) is 13.2 Å². The summed E-state index contributed by atoms with van der Waals surface area (Å²) in [6, 6.07) is 10.5. The van der Waals surface area contributed by atoms with E-state index in [9.17, 15) is 13.2 Å².